The summed E-state index contributed by atoms with van der Waals surface area (Å²) in [6.07, 6.45) is 0. The Hall–Kier alpha value is -0.850. The summed E-state index contributed by atoms with van der Waals surface area (Å²) in [5, 5.41) is 10.9. The Labute approximate surface area is 64.5 Å². The molecular formula is C5H12N4O2. The van der Waals surface area contributed by atoms with Crippen molar-refractivity contribution in [2.45, 2.75) is 0 Å². The molecule has 1 heterocycles. The first kappa shape index (κ1) is 8.25. The highest BCUT2D eigenvalue weighted by Gasteiger charge is 2.21. The minimum atomic E-state index is -0.301. The van der Waals surface area contributed by atoms with Gasteiger partial charge in [0.15, 0.2) is 0 Å². The van der Waals surface area contributed by atoms with Gasteiger partial charge in [0.25, 0.3) is 0 Å². The zero-order valence-corrected chi connectivity index (χ0v) is 6.16. The number of rotatable bonds is 2. The van der Waals surface area contributed by atoms with Crippen molar-refractivity contribution in [3.05, 3.63) is 0 Å². The van der Waals surface area contributed by atoms with E-state index in [4.69, 9.17) is 10.9 Å². The van der Waals surface area contributed by atoms with Crippen molar-refractivity contribution in [2.75, 3.05) is 26.2 Å². The van der Waals surface area contributed by atoms with Crippen molar-refractivity contribution >= 4 is 6.03 Å². The molecule has 0 aromatic rings. The van der Waals surface area contributed by atoms with E-state index >= 15 is 0 Å². The van der Waals surface area contributed by atoms with E-state index in [1.807, 2.05) is 0 Å². The van der Waals surface area contributed by atoms with Gasteiger partial charge in [-0.1, -0.05) is 0 Å². The molecule has 6 nitrogen and oxygen atoms in total. The Kier molecular flexibility index (Phi) is 2.64. The number of aliphatic hydroxyl groups excluding tert-OH is 1. The third kappa shape index (κ3) is 1.79. The highest BCUT2D eigenvalue weighted by Crippen LogP contribution is 1.95. The number of β-amino-alcohol motifs (C(OH)–C–C–N with tert-alkyl or cyclic N) is 1. The average Bonchev–Trinajstić information content (AvgIpc) is 1.99. The van der Waals surface area contributed by atoms with Crippen molar-refractivity contribution in [3.63, 3.8) is 0 Å². The normalized spacial score (nSPS) is 19.3. The molecule has 6 heteroatoms. The SMILES string of the molecule is NN1CCNN(CCO)C1=O. The van der Waals surface area contributed by atoms with Crippen molar-refractivity contribution in [2.24, 2.45) is 5.84 Å². The van der Waals surface area contributed by atoms with E-state index in [-0.39, 0.29) is 19.2 Å². The molecule has 11 heavy (non-hydrogen) atoms. The fraction of sp³-hybridized carbons (Fsp3) is 0.800. The maximum atomic E-state index is 11.1. The molecular weight excluding hydrogens is 148 g/mol. The third-order valence-corrected chi connectivity index (χ3v) is 1.46. The number of urea groups is 1. The molecule has 1 saturated heterocycles. The van der Waals surface area contributed by atoms with E-state index < -0.39 is 0 Å². The van der Waals surface area contributed by atoms with Crippen LogP contribution in [0.2, 0.25) is 0 Å². The molecule has 0 radical (unpaired) electrons. The molecule has 0 aliphatic carbocycles. The number of hydrazine groups is 2. The number of aliphatic hydroxyl groups is 1. The van der Waals surface area contributed by atoms with Gasteiger partial charge in [-0.05, 0) is 0 Å². The first-order valence-corrected chi connectivity index (χ1v) is 3.44. The lowest BCUT2D eigenvalue weighted by Crippen LogP contribution is -2.60. The van der Waals surface area contributed by atoms with Crippen LogP contribution < -0.4 is 11.3 Å². The monoisotopic (exact) mass is 160 g/mol. The Morgan fingerprint density at radius 2 is 2.45 bits per heavy atom. The van der Waals surface area contributed by atoms with Gasteiger partial charge in [0.05, 0.1) is 19.7 Å². The number of nitrogens with one attached hydrogen (secondary N) is 1. The number of nitrogens with two attached hydrogens (primary N) is 1. The van der Waals surface area contributed by atoms with Gasteiger partial charge in [-0.2, -0.15) is 0 Å². The molecule has 2 amide bonds. The summed E-state index contributed by atoms with van der Waals surface area (Å²) in [7, 11) is 0. The van der Waals surface area contributed by atoms with Gasteiger partial charge in [0.2, 0.25) is 0 Å². The van der Waals surface area contributed by atoms with Crippen LogP contribution in [0.15, 0.2) is 0 Å². The van der Waals surface area contributed by atoms with Crippen LogP contribution >= 0.6 is 0 Å². The van der Waals surface area contributed by atoms with Gasteiger partial charge < -0.3 is 5.11 Å². The molecule has 0 saturated carbocycles. The molecule has 0 unspecified atom stereocenters. The van der Waals surface area contributed by atoms with Gasteiger partial charge in [0, 0.05) is 6.54 Å². The summed E-state index contributed by atoms with van der Waals surface area (Å²) in [5.74, 6) is 5.32. The smallest absolute Gasteiger partial charge is 0.348 e. The summed E-state index contributed by atoms with van der Waals surface area (Å²) >= 11 is 0. The summed E-state index contributed by atoms with van der Waals surface area (Å²) in [4.78, 5) is 11.1. The Morgan fingerprint density at radius 1 is 1.73 bits per heavy atom. The standard InChI is InChI=1S/C5H12N4O2/c6-8-2-1-7-9(3-4-10)5(8)11/h7,10H,1-4,6H2. The minimum absolute atomic E-state index is 0.0629. The Morgan fingerprint density at radius 3 is 3.09 bits per heavy atom. The number of carbonyl (C=O) groups excluding carboxylic acids is 1. The molecule has 4 N–H and O–H groups in total. The lowest BCUT2D eigenvalue weighted by Gasteiger charge is -2.32. The van der Waals surface area contributed by atoms with E-state index in [0.29, 0.717) is 13.1 Å². The largest absolute Gasteiger partial charge is 0.394 e. The molecule has 1 fully saturated rings. The van der Waals surface area contributed by atoms with Crippen LogP contribution in [0.5, 0.6) is 0 Å². The van der Waals surface area contributed by atoms with Crippen LogP contribution in [0.1, 0.15) is 0 Å². The molecule has 1 aliphatic rings. The third-order valence-electron chi connectivity index (χ3n) is 1.46. The highest BCUT2D eigenvalue weighted by atomic mass is 16.3. The number of carbonyl (C=O) groups is 1. The quantitative estimate of drug-likeness (QED) is 0.325. The van der Waals surface area contributed by atoms with Gasteiger partial charge >= 0.3 is 6.03 Å². The molecule has 0 spiro atoms. The van der Waals surface area contributed by atoms with Crippen molar-refractivity contribution in [1.29, 1.82) is 0 Å². The van der Waals surface area contributed by atoms with E-state index in [1.54, 1.807) is 0 Å². The average molecular weight is 160 g/mol. The lowest BCUT2D eigenvalue weighted by atomic mass is 10.5. The Balaban J connectivity index is 2.44. The van der Waals surface area contributed by atoms with Crippen LogP contribution in [0.25, 0.3) is 0 Å². The molecule has 0 atom stereocenters. The molecule has 0 bridgehead atoms. The second-order valence-corrected chi connectivity index (χ2v) is 2.26. The summed E-state index contributed by atoms with van der Waals surface area (Å²) in [6, 6.07) is -0.301. The zero-order chi connectivity index (χ0) is 8.27. The van der Waals surface area contributed by atoms with Crippen molar-refractivity contribution in [1.82, 2.24) is 15.4 Å². The first-order chi connectivity index (χ1) is 5.25. The predicted molar refractivity (Wildman–Crippen MR) is 38.1 cm³/mol. The van der Waals surface area contributed by atoms with Crippen LogP contribution in [0.4, 0.5) is 4.79 Å². The minimum Gasteiger partial charge on any atom is -0.394 e. The summed E-state index contributed by atoms with van der Waals surface area (Å²) in [5.41, 5.74) is 2.80. The van der Waals surface area contributed by atoms with E-state index in [1.165, 1.54) is 5.01 Å². The van der Waals surface area contributed by atoms with Crippen molar-refractivity contribution in [3.8, 4) is 0 Å². The molecule has 1 aliphatic heterocycles. The topological polar surface area (TPSA) is 81.8 Å². The first-order valence-electron chi connectivity index (χ1n) is 3.44. The second-order valence-electron chi connectivity index (χ2n) is 2.26. The van der Waals surface area contributed by atoms with Crippen LogP contribution in [-0.2, 0) is 0 Å². The second kappa shape index (κ2) is 3.51. The van der Waals surface area contributed by atoms with E-state index in [2.05, 4.69) is 5.43 Å². The molecule has 1 rings (SSSR count). The van der Waals surface area contributed by atoms with Crippen LogP contribution in [0.3, 0.4) is 0 Å². The van der Waals surface area contributed by atoms with Crippen LogP contribution in [0, 0.1) is 0 Å². The maximum absolute atomic E-state index is 11.1. The summed E-state index contributed by atoms with van der Waals surface area (Å²) in [6.45, 7) is 1.34. The zero-order valence-electron chi connectivity index (χ0n) is 6.16. The maximum Gasteiger partial charge on any atom is 0.348 e. The van der Waals surface area contributed by atoms with Gasteiger partial charge in [-0.15, -0.1) is 0 Å². The predicted octanol–water partition coefficient (Wildman–Crippen LogP) is -1.91. The summed E-state index contributed by atoms with van der Waals surface area (Å²) < 4.78 is 0. The van der Waals surface area contributed by atoms with Gasteiger partial charge in [-0.25, -0.2) is 16.1 Å². The van der Waals surface area contributed by atoms with Gasteiger partial charge in [0.1, 0.15) is 0 Å². The Bertz CT molecular complexity index is 149. The highest BCUT2D eigenvalue weighted by molar-refractivity contribution is 5.73. The van der Waals surface area contributed by atoms with Crippen molar-refractivity contribution < 1.29 is 9.90 Å². The lowest BCUT2D eigenvalue weighted by molar-refractivity contribution is 0.0888. The number of amides is 2. The fourth-order valence-corrected chi connectivity index (χ4v) is 0.898. The fourth-order valence-electron chi connectivity index (χ4n) is 0.898. The van der Waals surface area contributed by atoms with E-state index in [9.17, 15) is 4.79 Å². The van der Waals surface area contributed by atoms with Crippen LogP contribution in [-0.4, -0.2) is 47.4 Å². The number of hydrogen-bond donors (Lipinski definition) is 3. The number of hydrogen-bond acceptors (Lipinski definition) is 4. The molecule has 64 valence electrons. The molecule has 0 aromatic carbocycles. The molecule has 0 aromatic heterocycles. The van der Waals surface area contributed by atoms with Gasteiger partial charge in [-0.3, -0.25) is 10.0 Å². The number of nitrogens with zero attached hydrogens (tertiary/aromatic N) is 2. The van der Waals surface area contributed by atoms with E-state index in [0.717, 1.165) is 5.01 Å².